The maximum Gasteiger partial charge on any atom is 0.320 e. The summed E-state index contributed by atoms with van der Waals surface area (Å²) >= 11 is 0. The molecule has 13 heavy (non-hydrogen) atoms. The van der Waals surface area contributed by atoms with Gasteiger partial charge in [-0.2, -0.15) is 0 Å². The van der Waals surface area contributed by atoms with Gasteiger partial charge in [-0.1, -0.05) is 13.8 Å². The van der Waals surface area contributed by atoms with Crippen molar-refractivity contribution in [2.45, 2.75) is 26.3 Å². The van der Waals surface area contributed by atoms with Gasteiger partial charge in [-0.05, 0) is 12.3 Å². The van der Waals surface area contributed by atoms with Gasteiger partial charge in [-0.15, -0.1) is 0 Å². The number of hydrogen-bond acceptors (Lipinski definition) is 3. The van der Waals surface area contributed by atoms with Crippen molar-refractivity contribution in [3.05, 3.63) is 0 Å². The van der Waals surface area contributed by atoms with Crippen LogP contribution < -0.4 is 5.73 Å². The van der Waals surface area contributed by atoms with E-state index in [0.717, 1.165) is 0 Å². The average Bonchev–Trinajstić information content (AvgIpc) is 1.97. The molecule has 0 aliphatic carbocycles. The van der Waals surface area contributed by atoms with E-state index in [-0.39, 0.29) is 12.3 Å². The second kappa shape index (κ2) is 4.81. The zero-order valence-electron chi connectivity index (χ0n) is 7.73. The largest absolute Gasteiger partial charge is 0.481 e. The van der Waals surface area contributed by atoms with Gasteiger partial charge in [-0.3, -0.25) is 9.59 Å². The van der Waals surface area contributed by atoms with Gasteiger partial charge in [-0.25, -0.2) is 0 Å². The van der Waals surface area contributed by atoms with Gasteiger partial charge in [0.05, 0.1) is 5.92 Å². The summed E-state index contributed by atoms with van der Waals surface area (Å²) in [5.74, 6) is -2.95. The van der Waals surface area contributed by atoms with Gasteiger partial charge in [0.1, 0.15) is 6.04 Å². The molecule has 1 unspecified atom stereocenters. The van der Waals surface area contributed by atoms with Crippen molar-refractivity contribution < 1.29 is 19.8 Å². The van der Waals surface area contributed by atoms with Crippen LogP contribution in [0.15, 0.2) is 0 Å². The Balaban J connectivity index is 4.27. The summed E-state index contributed by atoms with van der Waals surface area (Å²) in [5.41, 5.74) is 5.23. The van der Waals surface area contributed by atoms with E-state index in [0.29, 0.717) is 0 Å². The maximum absolute atomic E-state index is 10.7. The summed E-state index contributed by atoms with van der Waals surface area (Å²) in [7, 11) is 0. The zero-order valence-corrected chi connectivity index (χ0v) is 7.73. The van der Waals surface area contributed by atoms with E-state index in [1.807, 2.05) is 0 Å². The van der Waals surface area contributed by atoms with Crippen LogP contribution in [-0.4, -0.2) is 28.2 Å². The van der Waals surface area contributed by atoms with Gasteiger partial charge in [0.2, 0.25) is 0 Å². The molecule has 2 atom stereocenters. The molecule has 0 spiro atoms. The molecule has 5 nitrogen and oxygen atoms in total. The van der Waals surface area contributed by atoms with Crippen LogP contribution in [0.1, 0.15) is 20.3 Å². The SMILES string of the molecule is CC(C)C(C[C@@H](N)C(=O)O)C(=O)O. The fourth-order valence-electron chi connectivity index (χ4n) is 1.03. The second-order valence-corrected chi connectivity index (χ2v) is 3.37. The summed E-state index contributed by atoms with van der Waals surface area (Å²) < 4.78 is 0. The minimum absolute atomic E-state index is 0.0255. The lowest BCUT2D eigenvalue weighted by Gasteiger charge is -2.17. The summed E-state index contributed by atoms with van der Waals surface area (Å²) in [6.07, 6.45) is -0.0255. The van der Waals surface area contributed by atoms with Crippen molar-refractivity contribution >= 4 is 11.9 Å². The third kappa shape index (κ3) is 3.89. The van der Waals surface area contributed by atoms with Gasteiger partial charge in [0, 0.05) is 0 Å². The first-order valence-electron chi connectivity index (χ1n) is 4.07. The van der Waals surface area contributed by atoms with Crippen molar-refractivity contribution in [2.75, 3.05) is 0 Å². The minimum Gasteiger partial charge on any atom is -0.481 e. The molecule has 4 N–H and O–H groups in total. The number of carboxylic acids is 2. The van der Waals surface area contributed by atoms with Crippen LogP contribution in [0.25, 0.3) is 0 Å². The van der Waals surface area contributed by atoms with E-state index in [9.17, 15) is 9.59 Å². The maximum atomic E-state index is 10.7. The Kier molecular flexibility index (Phi) is 4.40. The topological polar surface area (TPSA) is 101 Å². The molecule has 0 aromatic carbocycles. The third-order valence-corrected chi connectivity index (χ3v) is 1.95. The molecule has 0 heterocycles. The van der Waals surface area contributed by atoms with Crippen molar-refractivity contribution in [2.24, 2.45) is 17.6 Å². The fourth-order valence-corrected chi connectivity index (χ4v) is 1.03. The van der Waals surface area contributed by atoms with Gasteiger partial charge in [0.15, 0.2) is 0 Å². The number of hydrogen-bond donors (Lipinski definition) is 3. The minimum atomic E-state index is -1.16. The number of aliphatic carboxylic acids is 2. The van der Waals surface area contributed by atoms with Crippen molar-refractivity contribution in [3.63, 3.8) is 0 Å². The standard InChI is InChI=1S/C8H15NO4/c1-4(2)5(7(10)11)3-6(9)8(12)13/h4-6H,3,9H2,1-2H3,(H,10,11)(H,12,13)/t5?,6-/m1/s1. The molecule has 76 valence electrons. The molecule has 0 aromatic rings. The Labute approximate surface area is 76.5 Å². The lowest BCUT2D eigenvalue weighted by Crippen LogP contribution is -2.36. The molecule has 0 bridgehead atoms. The Morgan fingerprint density at radius 1 is 1.23 bits per heavy atom. The van der Waals surface area contributed by atoms with Crippen LogP contribution in [0.4, 0.5) is 0 Å². The number of carbonyl (C=O) groups is 2. The molecular formula is C8H15NO4. The highest BCUT2D eigenvalue weighted by Gasteiger charge is 2.26. The first kappa shape index (κ1) is 11.9. The summed E-state index contributed by atoms with van der Waals surface area (Å²) in [6, 6.07) is -1.09. The average molecular weight is 189 g/mol. The molecule has 0 aliphatic rings. The molecule has 0 aromatic heterocycles. The predicted molar refractivity (Wildman–Crippen MR) is 46.2 cm³/mol. The van der Waals surface area contributed by atoms with Crippen molar-refractivity contribution in [1.29, 1.82) is 0 Å². The molecule has 5 heteroatoms. The molecule has 0 saturated carbocycles. The predicted octanol–water partition coefficient (Wildman–Crippen LogP) is 0.145. The second-order valence-electron chi connectivity index (χ2n) is 3.37. The Hall–Kier alpha value is -1.10. The quantitative estimate of drug-likeness (QED) is 0.571. The highest BCUT2D eigenvalue weighted by Crippen LogP contribution is 2.16. The van der Waals surface area contributed by atoms with E-state index in [1.54, 1.807) is 13.8 Å². The van der Waals surface area contributed by atoms with Crippen LogP contribution in [0.3, 0.4) is 0 Å². The fraction of sp³-hybridized carbons (Fsp3) is 0.750. The summed E-state index contributed by atoms with van der Waals surface area (Å²) in [5, 5.41) is 17.2. The molecule has 0 aliphatic heterocycles. The summed E-state index contributed by atoms with van der Waals surface area (Å²) in [4.78, 5) is 21.0. The molecule has 0 fully saturated rings. The third-order valence-electron chi connectivity index (χ3n) is 1.95. The van der Waals surface area contributed by atoms with E-state index in [1.165, 1.54) is 0 Å². The normalized spacial score (nSPS) is 15.4. The van der Waals surface area contributed by atoms with Crippen molar-refractivity contribution in [3.8, 4) is 0 Å². The Morgan fingerprint density at radius 2 is 1.69 bits per heavy atom. The van der Waals surface area contributed by atoms with Crippen LogP contribution in [0.2, 0.25) is 0 Å². The van der Waals surface area contributed by atoms with E-state index in [4.69, 9.17) is 15.9 Å². The Bertz CT molecular complexity index is 202. The lowest BCUT2D eigenvalue weighted by molar-refractivity contribution is -0.145. The van der Waals surface area contributed by atoms with E-state index < -0.39 is 23.9 Å². The first-order valence-corrected chi connectivity index (χ1v) is 4.07. The Morgan fingerprint density at radius 3 is 1.92 bits per heavy atom. The van der Waals surface area contributed by atoms with Crippen LogP contribution >= 0.6 is 0 Å². The van der Waals surface area contributed by atoms with E-state index in [2.05, 4.69) is 0 Å². The molecule has 0 radical (unpaired) electrons. The number of nitrogens with two attached hydrogens (primary N) is 1. The zero-order chi connectivity index (χ0) is 10.6. The highest BCUT2D eigenvalue weighted by molar-refractivity contribution is 5.75. The first-order chi connectivity index (χ1) is 5.86. The lowest BCUT2D eigenvalue weighted by atomic mass is 9.90. The number of rotatable bonds is 5. The smallest absolute Gasteiger partial charge is 0.320 e. The van der Waals surface area contributed by atoms with E-state index >= 15 is 0 Å². The number of carboxylic acid groups (broad SMARTS) is 2. The molecule has 0 rings (SSSR count). The molecular weight excluding hydrogens is 174 g/mol. The van der Waals surface area contributed by atoms with Gasteiger partial charge in [0.25, 0.3) is 0 Å². The van der Waals surface area contributed by atoms with Gasteiger partial charge >= 0.3 is 11.9 Å². The molecule has 0 amide bonds. The summed E-state index contributed by atoms with van der Waals surface area (Å²) in [6.45, 7) is 3.46. The highest BCUT2D eigenvalue weighted by atomic mass is 16.4. The van der Waals surface area contributed by atoms with Crippen LogP contribution in [0, 0.1) is 11.8 Å². The van der Waals surface area contributed by atoms with Gasteiger partial charge < -0.3 is 15.9 Å². The van der Waals surface area contributed by atoms with Crippen LogP contribution in [0.5, 0.6) is 0 Å². The van der Waals surface area contributed by atoms with Crippen molar-refractivity contribution in [1.82, 2.24) is 0 Å². The molecule has 0 saturated heterocycles. The monoisotopic (exact) mass is 189 g/mol. The van der Waals surface area contributed by atoms with Crippen LogP contribution in [-0.2, 0) is 9.59 Å².